The molecule has 0 aromatic rings. The van der Waals surface area contributed by atoms with Crippen LogP contribution in [0, 0.1) is 15.8 Å². The van der Waals surface area contributed by atoms with Crippen LogP contribution in [-0.2, 0) is 0 Å². The molecule has 66 valence electrons. The molecule has 2 rings (SSSR count). The maximum Gasteiger partial charge on any atom is 0.0235 e. The highest BCUT2D eigenvalue weighted by atomic mass is 127. The predicted molar refractivity (Wildman–Crippen MR) is 59.1 cm³/mol. The van der Waals surface area contributed by atoms with Gasteiger partial charge in [-0.15, -0.1) is 0 Å². The Balaban J connectivity index is 1.78. The maximum atomic E-state index is 3.27. The molecule has 0 aromatic carbocycles. The van der Waals surface area contributed by atoms with Crippen molar-refractivity contribution in [3.63, 3.8) is 0 Å². The van der Waals surface area contributed by atoms with Gasteiger partial charge in [0, 0.05) is 34.6 Å². The Morgan fingerprint density at radius 3 is 2.25 bits per heavy atom. The summed E-state index contributed by atoms with van der Waals surface area (Å²) in [6.07, 6.45) is 5.49. The lowest BCUT2D eigenvalue weighted by atomic mass is 9.98. The molecule has 2 aliphatic rings. The number of halogens is 1. The average Bonchev–Trinajstić information content (AvgIpc) is 2.89. The SMILES string of the molecule is IC#CC1CCN(C2CC2)CC1. The fraction of sp³-hybridized carbons (Fsp3) is 0.800. The Kier molecular flexibility index (Phi) is 2.92. The van der Waals surface area contributed by atoms with Crippen LogP contribution in [0.15, 0.2) is 0 Å². The van der Waals surface area contributed by atoms with Crippen molar-refractivity contribution in [2.75, 3.05) is 13.1 Å². The van der Waals surface area contributed by atoms with E-state index in [4.69, 9.17) is 0 Å². The molecule has 1 saturated carbocycles. The van der Waals surface area contributed by atoms with E-state index in [0.717, 1.165) is 6.04 Å². The quantitative estimate of drug-likeness (QED) is 0.524. The van der Waals surface area contributed by atoms with Crippen molar-refractivity contribution in [2.24, 2.45) is 5.92 Å². The minimum absolute atomic E-state index is 0.692. The molecule has 0 N–H and O–H groups in total. The molecule has 12 heavy (non-hydrogen) atoms. The summed E-state index contributed by atoms with van der Waals surface area (Å²) in [4.78, 5) is 2.64. The van der Waals surface area contributed by atoms with Gasteiger partial charge in [-0.3, -0.25) is 0 Å². The zero-order valence-electron chi connectivity index (χ0n) is 7.22. The van der Waals surface area contributed by atoms with Crippen LogP contribution >= 0.6 is 22.6 Å². The second kappa shape index (κ2) is 3.97. The minimum Gasteiger partial charge on any atom is -0.300 e. The zero-order valence-corrected chi connectivity index (χ0v) is 9.38. The Morgan fingerprint density at radius 2 is 1.75 bits per heavy atom. The number of likely N-dealkylation sites (tertiary alicyclic amines) is 1. The van der Waals surface area contributed by atoms with Crippen LogP contribution in [0.4, 0.5) is 0 Å². The first-order valence-corrected chi connectivity index (χ1v) is 5.83. The predicted octanol–water partition coefficient (Wildman–Crippen LogP) is 2.26. The van der Waals surface area contributed by atoms with Crippen molar-refractivity contribution in [3.05, 3.63) is 0 Å². The van der Waals surface area contributed by atoms with Crippen molar-refractivity contribution < 1.29 is 0 Å². The average molecular weight is 275 g/mol. The first-order valence-electron chi connectivity index (χ1n) is 4.75. The first-order chi connectivity index (χ1) is 5.90. The lowest BCUT2D eigenvalue weighted by Crippen LogP contribution is -2.34. The van der Waals surface area contributed by atoms with Crippen LogP contribution in [-0.4, -0.2) is 24.0 Å². The number of hydrogen-bond acceptors (Lipinski definition) is 1. The Labute approximate surface area is 88.0 Å². The summed E-state index contributed by atoms with van der Waals surface area (Å²) in [5.41, 5.74) is 0. The summed E-state index contributed by atoms with van der Waals surface area (Å²) in [6.45, 7) is 2.58. The van der Waals surface area contributed by atoms with Crippen LogP contribution in [0.2, 0.25) is 0 Å². The largest absolute Gasteiger partial charge is 0.300 e. The molecule has 0 unspecified atom stereocenters. The third-order valence-corrected chi connectivity index (χ3v) is 3.16. The van der Waals surface area contributed by atoms with Crippen LogP contribution in [0.1, 0.15) is 25.7 Å². The lowest BCUT2D eigenvalue weighted by molar-refractivity contribution is 0.198. The van der Waals surface area contributed by atoms with Crippen LogP contribution in [0.5, 0.6) is 0 Å². The van der Waals surface area contributed by atoms with Gasteiger partial charge in [0.15, 0.2) is 0 Å². The molecule has 0 bridgehead atoms. The summed E-state index contributed by atoms with van der Waals surface area (Å²) in [5.74, 6) is 3.97. The van der Waals surface area contributed by atoms with E-state index in [1.54, 1.807) is 0 Å². The highest BCUT2D eigenvalue weighted by Gasteiger charge is 2.31. The van der Waals surface area contributed by atoms with Gasteiger partial charge in [-0.25, -0.2) is 0 Å². The first kappa shape index (κ1) is 8.83. The molecular weight excluding hydrogens is 261 g/mol. The van der Waals surface area contributed by atoms with E-state index >= 15 is 0 Å². The van der Waals surface area contributed by atoms with Crippen molar-refractivity contribution in [2.45, 2.75) is 31.7 Å². The van der Waals surface area contributed by atoms with E-state index in [0.29, 0.717) is 5.92 Å². The summed E-state index contributed by atoms with van der Waals surface area (Å²) in [6, 6.07) is 0.957. The highest BCUT2D eigenvalue weighted by Crippen LogP contribution is 2.30. The molecule has 1 aliphatic carbocycles. The number of hydrogen-bond donors (Lipinski definition) is 0. The fourth-order valence-electron chi connectivity index (χ4n) is 1.93. The molecule has 1 heterocycles. The molecule has 0 amide bonds. The molecule has 0 radical (unpaired) electrons. The number of nitrogens with zero attached hydrogens (tertiary/aromatic N) is 1. The third-order valence-electron chi connectivity index (χ3n) is 2.85. The summed E-state index contributed by atoms with van der Waals surface area (Å²) < 4.78 is 3.00. The lowest BCUT2D eigenvalue weighted by Gasteiger charge is -2.29. The summed E-state index contributed by atoms with van der Waals surface area (Å²) in [5, 5.41) is 0. The normalized spacial score (nSPS) is 26.4. The van der Waals surface area contributed by atoms with Crippen LogP contribution < -0.4 is 0 Å². The second-order valence-corrected chi connectivity index (χ2v) is 4.32. The van der Waals surface area contributed by atoms with E-state index in [2.05, 4.69) is 37.3 Å². The van der Waals surface area contributed by atoms with Gasteiger partial charge in [-0.1, -0.05) is 5.92 Å². The fourth-order valence-corrected chi connectivity index (χ4v) is 2.37. The van der Waals surface area contributed by atoms with Crippen LogP contribution in [0.25, 0.3) is 0 Å². The third kappa shape index (κ3) is 2.14. The molecular formula is C10H14IN. The standard InChI is InChI=1S/C10H14IN/c11-6-3-9-4-7-12(8-5-9)10-1-2-10/h9-10H,1-2,4-5,7-8H2. The highest BCUT2D eigenvalue weighted by molar-refractivity contribution is 14.1. The molecule has 0 spiro atoms. The number of rotatable bonds is 1. The van der Waals surface area contributed by atoms with E-state index < -0.39 is 0 Å². The van der Waals surface area contributed by atoms with Gasteiger partial charge in [0.25, 0.3) is 0 Å². The zero-order chi connectivity index (χ0) is 8.39. The van der Waals surface area contributed by atoms with E-state index in [9.17, 15) is 0 Å². The second-order valence-electron chi connectivity index (χ2n) is 3.78. The molecule has 0 atom stereocenters. The van der Waals surface area contributed by atoms with Crippen molar-refractivity contribution in [1.29, 1.82) is 0 Å². The van der Waals surface area contributed by atoms with E-state index in [-0.39, 0.29) is 0 Å². The molecule has 1 aliphatic heterocycles. The minimum atomic E-state index is 0.692. The molecule has 1 saturated heterocycles. The Hall–Kier alpha value is 0.250. The Bertz CT molecular complexity index is 204. The smallest absolute Gasteiger partial charge is 0.0235 e. The Morgan fingerprint density at radius 1 is 1.08 bits per heavy atom. The maximum absolute atomic E-state index is 3.27. The molecule has 2 fully saturated rings. The van der Waals surface area contributed by atoms with Gasteiger partial charge in [0.1, 0.15) is 0 Å². The van der Waals surface area contributed by atoms with Gasteiger partial charge in [-0.05, 0) is 42.7 Å². The van der Waals surface area contributed by atoms with Gasteiger partial charge in [0.2, 0.25) is 0 Å². The van der Waals surface area contributed by atoms with Crippen molar-refractivity contribution in [1.82, 2.24) is 4.90 Å². The van der Waals surface area contributed by atoms with Gasteiger partial charge >= 0.3 is 0 Å². The van der Waals surface area contributed by atoms with Crippen molar-refractivity contribution in [3.8, 4) is 9.85 Å². The van der Waals surface area contributed by atoms with Gasteiger partial charge in [-0.2, -0.15) is 0 Å². The van der Waals surface area contributed by atoms with Crippen molar-refractivity contribution >= 4 is 22.6 Å². The molecule has 0 aromatic heterocycles. The molecule has 1 nitrogen and oxygen atoms in total. The van der Waals surface area contributed by atoms with E-state index in [1.807, 2.05) is 0 Å². The van der Waals surface area contributed by atoms with Crippen LogP contribution in [0.3, 0.4) is 0 Å². The number of piperidine rings is 1. The van der Waals surface area contributed by atoms with Gasteiger partial charge < -0.3 is 4.90 Å². The summed E-state index contributed by atoms with van der Waals surface area (Å²) >= 11 is 2.15. The summed E-state index contributed by atoms with van der Waals surface area (Å²) in [7, 11) is 0. The topological polar surface area (TPSA) is 3.24 Å². The van der Waals surface area contributed by atoms with Gasteiger partial charge in [0.05, 0.1) is 0 Å². The monoisotopic (exact) mass is 275 g/mol. The molecule has 2 heteroatoms. The van der Waals surface area contributed by atoms with E-state index in [1.165, 1.54) is 38.8 Å².